The number of benzene rings is 4. The van der Waals surface area contributed by atoms with Gasteiger partial charge in [-0.1, -0.05) is 65.6 Å². The van der Waals surface area contributed by atoms with E-state index in [0.717, 1.165) is 36.1 Å². The molecule has 4 rings (SSSR count). The second-order valence-electron chi connectivity index (χ2n) is 7.64. The molecule has 0 spiro atoms. The van der Waals surface area contributed by atoms with Crippen molar-refractivity contribution in [3.8, 4) is 23.7 Å². The molecule has 0 unspecified atom stereocenters. The van der Waals surface area contributed by atoms with Crippen LogP contribution in [0.5, 0.6) is 0 Å². The maximum absolute atomic E-state index is 15.0. The highest BCUT2D eigenvalue weighted by molar-refractivity contribution is 6.30. The molecule has 4 aromatic carbocycles. The van der Waals surface area contributed by atoms with Crippen LogP contribution in [0.25, 0.3) is 10.8 Å². The Morgan fingerprint density at radius 2 is 1.38 bits per heavy atom. The van der Waals surface area contributed by atoms with Crippen LogP contribution in [-0.2, 0) is 6.42 Å². The topological polar surface area (TPSA) is 0 Å². The van der Waals surface area contributed by atoms with Crippen LogP contribution in [0.3, 0.4) is 0 Å². The summed E-state index contributed by atoms with van der Waals surface area (Å²) in [6.45, 7) is 3.74. The molecule has 0 amide bonds. The lowest BCUT2D eigenvalue weighted by Gasteiger charge is -2.03. The van der Waals surface area contributed by atoms with Crippen molar-refractivity contribution < 1.29 is 13.2 Å². The zero-order valence-electron chi connectivity index (χ0n) is 18.1. The fourth-order valence-corrected chi connectivity index (χ4v) is 3.51. The Kier molecular flexibility index (Phi) is 7.07. The molecule has 0 aliphatic heterocycles. The zero-order chi connectivity index (χ0) is 24.1. The smallest absolute Gasteiger partial charge is 0.146 e. The quantitative estimate of drug-likeness (QED) is 0.162. The molecule has 0 aliphatic carbocycles. The summed E-state index contributed by atoms with van der Waals surface area (Å²) in [4.78, 5) is 0. The maximum atomic E-state index is 15.0. The Hall–Kier alpha value is -3.92. The Labute approximate surface area is 201 Å². The number of hydrogen-bond acceptors (Lipinski definition) is 0. The third kappa shape index (κ3) is 5.34. The monoisotopic (exact) mass is 470 g/mol. The molecular weight excluding hydrogens is 453 g/mol. The van der Waals surface area contributed by atoms with Crippen molar-refractivity contribution in [2.45, 2.75) is 12.8 Å². The molecule has 166 valence electrons. The Balaban J connectivity index is 1.57. The maximum Gasteiger partial charge on any atom is 0.146 e. The normalized spacial score (nSPS) is 10.2. The summed E-state index contributed by atoms with van der Waals surface area (Å²) in [5.41, 5.74) is 3.08. The number of hydrogen-bond donors (Lipinski definition) is 0. The first-order valence-electron chi connectivity index (χ1n) is 10.6. The van der Waals surface area contributed by atoms with Gasteiger partial charge in [-0.3, -0.25) is 0 Å². The molecule has 4 heteroatoms. The average Bonchev–Trinajstić information content (AvgIpc) is 2.85. The summed E-state index contributed by atoms with van der Waals surface area (Å²) in [5.74, 6) is 9.13. The number of fused-ring (bicyclic) bond motifs is 1. The Morgan fingerprint density at radius 3 is 2.09 bits per heavy atom. The van der Waals surface area contributed by atoms with Gasteiger partial charge < -0.3 is 0 Å². The second-order valence-corrected chi connectivity index (χ2v) is 8.02. The highest BCUT2D eigenvalue weighted by Crippen LogP contribution is 2.23. The minimum Gasteiger partial charge on any atom is -0.205 e. The van der Waals surface area contributed by atoms with Gasteiger partial charge in [0.2, 0.25) is 0 Å². The summed E-state index contributed by atoms with van der Waals surface area (Å²) in [6.07, 6.45) is 3.78. The highest BCUT2D eigenvalue weighted by atomic mass is 35.5. The van der Waals surface area contributed by atoms with Crippen molar-refractivity contribution in [3.63, 3.8) is 0 Å². The molecule has 4 aromatic rings. The van der Waals surface area contributed by atoms with Crippen molar-refractivity contribution in [2.75, 3.05) is 0 Å². The number of halogens is 4. The third-order valence-corrected chi connectivity index (χ3v) is 5.58. The van der Waals surface area contributed by atoms with Gasteiger partial charge in [-0.25, -0.2) is 13.2 Å². The van der Waals surface area contributed by atoms with E-state index in [4.69, 9.17) is 11.6 Å². The number of rotatable bonds is 3. The Bertz CT molecular complexity index is 1490. The van der Waals surface area contributed by atoms with Gasteiger partial charge in [0.05, 0.1) is 5.56 Å². The van der Waals surface area contributed by atoms with Crippen molar-refractivity contribution >= 4 is 22.4 Å². The van der Waals surface area contributed by atoms with E-state index in [1.165, 1.54) is 11.6 Å². The van der Waals surface area contributed by atoms with E-state index in [-0.39, 0.29) is 11.1 Å². The van der Waals surface area contributed by atoms with Gasteiger partial charge in [0.1, 0.15) is 22.5 Å². The largest absolute Gasteiger partial charge is 0.205 e. The van der Waals surface area contributed by atoms with Crippen LogP contribution in [0.1, 0.15) is 34.2 Å². The molecule has 0 fully saturated rings. The van der Waals surface area contributed by atoms with Gasteiger partial charge in [-0.2, -0.15) is 0 Å². The average molecular weight is 471 g/mol. The van der Waals surface area contributed by atoms with Crippen molar-refractivity contribution in [3.05, 3.63) is 130 Å². The van der Waals surface area contributed by atoms with E-state index in [1.807, 2.05) is 24.3 Å². The van der Waals surface area contributed by atoms with Gasteiger partial charge in [0, 0.05) is 22.1 Å². The van der Waals surface area contributed by atoms with Gasteiger partial charge in [-0.05, 0) is 66.3 Å². The van der Waals surface area contributed by atoms with E-state index < -0.39 is 22.5 Å². The van der Waals surface area contributed by atoms with Crippen molar-refractivity contribution in [1.29, 1.82) is 0 Å². The van der Waals surface area contributed by atoms with Gasteiger partial charge in [0.15, 0.2) is 0 Å². The lowest BCUT2D eigenvalue weighted by molar-refractivity contribution is 0.583. The summed E-state index contributed by atoms with van der Waals surface area (Å²) in [6, 6.07) is 18.6. The third-order valence-electron chi connectivity index (χ3n) is 5.22. The van der Waals surface area contributed by atoms with Gasteiger partial charge >= 0.3 is 0 Å². The molecule has 0 saturated carbocycles. The molecule has 0 aliphatic rings. The van der Waals surface area contributed by atoms with Crippen LogP contribution in [0, 0.1) is 41.1 Å². The molecular formula is C30H18ClF3. The van der Waals surface area contributed by atoms with Crippen molar-refractivity contribution in [2.24, 2.45) is 0 Å². The van der Waals surface area contributed by atoms with Gasteiger partial charge in [-0.15, -0.1) is 6.58 Å². The minimum absolute atomic E-state index is 0.0678. The lowest BCUT2D eigenvalue weighted by Crippen LogP contribution is -1.89. The van der Waals surface area contributed by atoms with E-state index in [2.05, 4.69) is 42.4 Å². The molecule has 0 atom stereocenters. The molecule has 0 aromatic heterocycles. The first-order chi connectivity index (χ1) is 16.4. The predicted octanol–water partition coefficient (Wildman–Crippen LogP) is 7.83. The molecule has 0 bridgehead atoms. The Morgan fingerprint density at radius 1 is 0.735 bits per heavy atom. The predicted molar refractivity (Wildman–Crippen MR) is 132 cm³/mol. The molecule has 0 nitrogen and oxygen atoms in total. The molecule has 34 heavy (non-hydrogen) atoms. The highest BCUT2D eigenvalue weighted by Gasteiger charge is 2.09. The van der Waals surface area contributed by atoms with Crippen LogP contribution in [0.15, 0.2) is 79.4 Å². The molecule has 0 radical (unpaired) electrons. The van der Waals surface area contributed by atoms with E-state index in [9.17, 15) is 13.2 Å². The molecule has 0 N–H and O–H groups in total. The summed E-state index contributed by atoms with van der Waals surface area (Å²) in [7, 11) is 0. The van der Waals surface area contributed by atoms with Gasteiger partial charge in [0.25, 0.3) is 0 Å². The van der Waals surface area contributed by atoms with E-state index >= 15 is 0 Å². The van der Waals surface area contributed by atoms with E-state index in [0.29, 0.717) is 10.8 Å². The molecule has 0 saturated heterocycles. The number of aryl methyl sites for hydroxylation is 1. The van der Waals surface area contributed by atoms with Crippen molar-refractivity contribution in [1.82, 2.24) is 0 Å². The lowest BCUT2D eigenvalue weighted by atomic mass is 10.0. The van der Waals surface area contributed by atoms with Crippen LogP contribution < -0.4 is 0 Å². The second kappa shape index (κ2) is 10.3. The number of allylic oxidation sites excluding steroid dienone is 1. The first kappa shape index (κ1) is 23.2. The van der Waals surface area contributed by atoms with Crippen LogP contribution in [-0.4, -0.2) is 0 Å². The SMILES string of the molecule is C=CCCc1ccc(C#Cc2ccc3c(F)c(C#Cc4cc(F)c(Cl)c(F)c4)ccc3c2)cc1. The summed E-state index contributed by atoms with van der Waals surface area (Å²) >= 11 is 5.48. The van der Waals surface area contributed by atoms with Crippen LogP contribution in [0.4, 0.5) is 13.2 Å². The standard InChI is InChI=1S/C30H18ClF3/c1-2-3-4-20-5-7-21(8-6-20)9-10-22-12-16-26-25(17-22)15-14-24(30(26)34)13-11-23-18-27(32)29(31)28(33)19-23/h2,5-8,12,14-19H,1,3-4H2. The zero-order valence-corrected chi connectivity index (χ0v) is 18.8. The summed E-state index contributed by atoms with van der Waals surface area (Å²) in [5, 5.41) is 0.470. The minimum atomic E-state index is -0.915. The first-order valence-corrected chi connectivity index (χ1v) is 10.9. The summed E-state index contributed by atoms with van der Waals surface area (Å²) < 4.78 is 42.2. The fourth-order valence-electron chi connectivity index (χ4n) is 3.40. The fraction of sp³-hybridized carbons (Fsp3) is 0.0667. The molecule has 0 heterocycles. The van der Waals surface area contributed by atoms with Crippen LogP contribution in [0.2, 0.25) is 5.02 Å². The van der Waals surface area contributed by atoms with E-state index in [1.54, 1.807) is 18.2 Å². The van der Waals surface area contributed by atoms with Crippen LogP contribution >= 0.6 is 11.6 Å².